The first-order valence-electron chi connectivity index (χ1n) is 5.52. The Labute approximate surface area is 121 Å². The van der Waals surface area contributed by atoms with Crippen molar-refractivity contribution in [1.29, 1.82) is 0 Å². The van der Waals surface area contributed by atoms with Crippen LogP contribution in [-0.2, 0) is 16.2 Å². The lowest BCUT2D eigenvalue weighted by molar-refractivity contribution is 0.0162. The SMILES string of the molecule is C#CC(C)(C)OC(=O)c1nc(Cl)c(Cl)n1COCC. The van der Waals surface area contributed by atoms with Crippen LogP contribution in [0.3, 0.4) is 0 Å². The summed E-state index contributed by atoms with van der Waals surface area (Å²) >= 11 is 11.7. The van der Waals surface area contributed by atoms with Crippen LogP contribution in [0.5, 0.6) is 0 Å². The van der Waals surface area contributed by atoms with Gasteiger partial charge in [-0.05, 0) is 20.8 Å². The summed E-state index contributed by atoms with van der Waals surface area (Å²) in [4.78, 5) is 15.8. The normalized spacial score (nSPS) is 11.2. The van der Waals surface area contributed by atoms with Crippen molar-refractivity contribution in [2.75, 3.05) is 6.61 Å². The van der Waals surface area contributed by atoms with Crippen molar-refractivity contribution in [1.82, 2.24) is 9.55 Å². The fraction of sp³-hybridized carbons (Fsp3) is 0.500. The molecule has 104 valence electrons. The number of aromatic nitrogens is 2. The van der Waals surface area contributed by atoms with Gasteiger partial charge in [0.1, 0.15) is 11.9 Å². The Morgan fingerprint density at radius 3 is 2.68 bits per heavy atom. The van der Waals surface area contributed by atoms with Crippen molar-refractivity contribution in [3.63, 3.8) is 0 Å². The first kappa shape index (κ1) is 15.8. The van der Waals surface area contributed by atoms with Gasteiger partial charge < -0.3 is 9.47 Å². The van der Waals surface area contributed by atoms with E-state index in [0.29, 0.717) is 6.61 Å². The van der Waals surface area contributed by atoms with Crippen LogP contribution in [0.25, 0.3) is 0 Å². The molecule has 0 unspecified atom stereocenters. The van der Waals surface area contributed by atoms with E-state index in [1.807, 2.05) is 6.92 Å². The summed E-state index contributed by atoms with van der Waals surface area (Å²) in [6.07, 6.45) is 5.25. The maximum atomic E-state index is 12.0. The second-order valence-corrected chi connectivity index (χ2v) is 4.83. The fourth-order valence-electron chi connectivity index (χ4n) is 1.17. The van der Waals surface area contributed by atoms with Crippen LogP contribution in [0.1, 0.15) is 31.4 Å². The minimum Gasteiger partial charge on any atom is -0.441 e. The molecule has 0 saturated heterocycles. The number of ether oxygens (including phenoxy) is 2. The Morgan fingerprint density at radius 2 is 2.16 bits per heavy atom. The van der Waals surface area contributed by atoms with E-state index < -0.39 is 11.6 Å². The first-order chi connectivity index (χ1) is 8.82. The van der Waals surface area contributed by atoms with Crippen molar-refractivity contribution < 1.29 is 14.3 Å². The maximum Gasteiger partial charge on any atom is 0.376 e. The molecule has 0 atom stereocenters. The highest BCUT2D eigenvalue weighted by molar-refractivity contribution is 6.40. The number of hydrogen-bond donors (Lipinski definition) is 0. The number of carbonyl (C=O) groups excluding carboxylic acids is 1. The summed E-state index contributed by atoms with van der Waals surface area (Å²) in [5.74, 6) is 1.59. The van der Waals surface area contributed by atoms with E-state index in [2.05, 4.69) is 10.9 Å². The highest BCUT2D eigenvalue weighted by atomic mass is 35.5. The van der Waals surface area contributed by atoms with Gasteiger partial charge in [0.2, 0.25) is 5.82 Å². The van der Waals surface area contributed by atoms with Gasteiger partial charge in [-0.15, -0.1) is 6.42 Å². The maximum absolute atomic E-state index is 12.0. The highest BCUT2D eigenvalue weighted by Gasteiger charge is 2.27. The van der Waals surface area contributed by atoms with E-state index in [1.54, 1.807) is 13.8 Å². The molecule has 1 rings (SSSR count). The third-order valence-corrected chi connectivity index (χ3v) is 2.91. The molecule has 0 aliphatic rings. The molecule has 5 nitrogen and oxygen atoms in total. The summed E-state index contributed by atoms with van der Waals surface area (Å²) in [5, 5.41) is 0.118. The molecule has 7 heteroatoms. The van der Waals surface area contributed by atoms with Crippen molar-refractivity contribution in [2.45, 2.75) is 33.1 Å². The predicted molar refractivity (Wildman–Crippen MR) is 72.2 cm³/mol. The van der Waals surface area contributed by atoms with Crippen molar-refractivity contribution in [3.8, 4) is 12.3 Å². The van der Waals surface area contributed by atoms with Crippen LogP contribution >= 0.6 is 23.2 Å². The van der Waals surface area contributed by atoms with Crippen LogP contribution in [-0.4, -0.2) is 27.7 Å². The molecule has 0 aromatic carbocycles. The number of imidazole rings is 1. The molecule has 0 radical (unpaired) electrons. The summed E-state index contributed by atoms with van der Waals surface area (Å²) < 4.78 is 11.6. The van der Waals surface area contributed by atoms with E-state index in [1.165, 1.54) is 4.57 Å². The monoisotopic (exact) mass is 304 g/mol. The molecular weight excluding hydrogens is 291 g/mol. The standard InChI is InChI=1S/C12H14Cl2N2O3/c1-5-12(3,4)19-11(17)10-15-8(13)9(14)16(10)7-18-6-2/h1H,6-7H2,2-4H3. The van der Waals surface area contributed by atoms with E-state index in [-0.39, 0.29) is 22.9 Å². The predicted octanol–water partition coefficient (Wildman–Crippen LogP) is 2.75. The van der Waals surface area contributed by atoms with Gasteiger partial charge >= 0.3 is 5.97 Å². The Kier molecular flexibility index (Phi) is 5.24. The number of rotatable bonds is 5. The van der Waals surface area contributed by atoms with Crippen LogP contribution in [0.4, 0.5) is 0 Å². The molecule has 0 saturated carbocycles. The quantitative estimate of drug-likeness (QED) is 0.620. The zero-order chi connectivity index (χ0) is 14.6. The summed E-state index contributed by atoms with van der Waals surface area (Å²) in [5.41, 5.74) is -1.04. The van der Waals surface area contributed by atoms with Gasteiger partial charge in [-0.2, -0.15) is 0 Å². The molecule has 0 aliphatic carbocycles. The topological polar surface area (TPSA) is 53.3 Å². The Morgan fingerprint density at radius 1 is 1.53 bits per heavy atom. The van der Waals surface area contributed by atoms with Crippen LogP contribution in [0.15, 0.2) is 0 Å². The lowest BCUT2D eigenvalue weighted by atomic mass is 10.1. The first-order valence-corrected chi connectivity index (χ1v) is 6.28. The van der Waals surface area contributed by atoms with Gasteiger partial charge in [0.25, 0.3) is 0 Å². The lowest BCUT2D eigenvalue weighted by Gasteiger charge is -2.18. The van der Waals surface area contributed by atoms with E-state index in [0.717, 1.165) is 0 Å². The minimum atomic E-state index is -1.04. The summed E-state index contributed by atoms with van der Waals surface area (Å²) in [7, 11) is 0. The molecule has 0 aliphatic heterocycles. The second-order valence-electron chi connectivity index (χ2n) is 4.11. The minimum absolute atomic E-state index is 0.00633. The van der Waals surface area contributed by atoms with Crippen LogP contribution in [0, 0.1) is 12.3 Å². The number of esters is 1. The number of halogens is 2. The molecule has 0 amide bonds. The Balaban J connectivity index is 3.03. The molecule has 0 bridgehead atoms. The van der Waals surface area contributed by atoms with Gasteiger partial charge in [0.05, 0.1) is 0 Å². The van der Waals surface area contributed by atoms with Gasteiger partial charge in [-0.3, -0.25) is 4.57 Å². The third kappa shape index (κ3) is 3.87. The molecule has 1 aromatic rings. The number of carbonyl (C=O) groups is 1. The molecule has 1 aromatic heterocycles. The van der Waals surface area contributed by atoms with Crippen molar-refractivity contribution >= 4 is 29.2 Å². The molecule has 19 heavy (non-hydrogen) atoms. The number of nitrogens with zero attached hydrogens (tertiary/aromatic N) is 2. The molecular formula is C12H14Cl2N2O3. The van der Waals surface area contributed by atoms with E-state index in [4.69, 9.17) is 39.1 Å². The number of hydrogen-bond acceptors (Lipinski definition) is 4. The van der Waals surface area contributed by atoms with Gasteiger partial charge in [-0.1, -0.05) is 29.1 Å². The van der Waals surface area contributed by atoms with Crippen LogP contribution in [0.2, 0.25) is 10.3 Å². The Bertz CT molecular complexity index is 518. The molecule has 0 fully saturated rings. The molecule has 1 heterocycles. The Hall–Kier alpha value is -1.22. The van der Waals surface area contributed by atoms with Gasteiger partial charge in [0, 0.05) is 6.61 Å². The van der Waals surface area contributed by atoms with Gasteiger partial charge in [0.15, 0.2) is 10.8 Å². The van der Waals surface area contributed by atoms with Crippen LogP contribution < -0.4 is 0 Å². The molecule has 0 N–H and O–H groups in total. The fourth-order valence-corrected chi connectivity index (χ4v) is 1.52. The average molecular weight is 305 g/mol. The smallest absolute Gasteiger partial charge is 0.376 e. The second kappa shape index (κ2) is 6.29. The summed E-state index contributed by atoms with van der Waals surface area (Å²) in [6, 6.07) is 0. The summed E-state index contributed by atoms with van der Waals surface area (Å²) in [6.45, 7) is 5.49. The average Bonchev–Trinajstić information content (AvgIpc) is 2.63. The van der Waals surface area contributed by atoms with E-state index in [9.17, 15) is 4.79 Å². The highest BCUT2D eigenvalue weighted by Crippen LogP contribution is 2.24. The van der Waals surface area contributed by atoms with Crippen molar-refractivity contribution in [3.05, 3.63) is 16.1 Å². The zero-order valence-corrected chi connectivity index (χ0v) is 12.4. The molecule has 0 spiro atoms. The number of terminal acetylenes is 1. The lowest BCUT2D eigenvalue weighted by Crippen LogP contribution is -2.28. The largest absolute Gasteiger partial charge is 0.441 e. The van der Waals surface area contributed by atoms with Crippen molar-refractivity contribution in [2.24, 2.45) is 0 Å². The zero-order valence-electron chi connectivity index (χ0n) is 10.9. The van der Waals surface area contributed by atoms with E-state index >= 15 is 0 Å². The van der Waals surface area contributed by atoms with Gasteiger partial charge in [-0.25, -0.2) is 9.78 Å². The third-order valence-electron chi connectivity index (χ3n) is 2.17.